The van der Waals surface area contributed by atoms with Gasteiger partial charge in [0.1, 0.15) is 0 Å². The first-order chi connectivity index (χ1) is 6.66. The van der Waals surface area contributed by atoms with Crippen molar-refractivity contribution < 1.29 is 8.78 Å². The van der Waals surface area contributed by atoms with Gasteiger partial charge in [-0.3, -0.25) is 0 Å². The van der Waals surface area contributed by atoms with Crippen LogP contribution in [0.3, 0.4) is 0 Å². The van der Waals surface area contributed by atoms with E-state index in [0.29, 0.717) is 0 Å². The number of benzene rings is 1. The second-order valence-corrected chi connectivity index (χ2v) is 4.74. The van der Waals surface area contributed by atoms with Crippen molar-refractivity contribution in [2.45, 2.75) is 25.3 Å². The molecule has 5 heteroatoms. The van der Waals surface area contributed by atoms with Crippen LogP contribution in [0.4, 0.5) is 8.78 Å². The lowest BCUT2D eigenvalue weighted by molar-refractivity contribution is -0.0672. The third-order valence-corrected chi connectivity index (χ3v) is 2.83. The Kier molecular flexibility index (Phi) is 3.29. The zero-order chi connectivity index (χ0) is 11.9. The lowest BCUT2D eigenvalue weighted by Gasteiger charge is -2.30. The van der Waals surface area contributed by atoms with Gasteiger partial charge in [0.15, 0.2) is 0 Å². The molecule has 1 aromatic rings. The Morgan fingerprint density at radius 1 is 1.13 bits per heavy atom. The van der Waals surface area contributed by atoms with Crippen LogP contribution in [0.25, 0.3) is 0 Å². The maximum Gasteiger partial charge on any atom is 0.290 e. The van der Waals surface area contributed by atoms with Gasteiger partial charge in [-0.05, 0) is 26.0 Å². The standard InChI is InChI=1S/C10H11Cl2F2N/c1-9(2,15)10(13,14)6-3-4-7(11)8(12)5-6/h3-5H,15H2,1-2H3. The zero-order valence-corrected chi connectivity index (χ0v) is 9.83. The van der Waals surface area contributed by atoms with Crippen LogP contribution in [-0.4, -0.2) is 5.54 Å². The Labute approximate surface area is 97.2 Å². The Morgan fingerprint density at radius 2 is 1.67 bits per heavy atom. The molecule has 15 heavy (non-hydrogen) atoms. The van der Waals surface area contributed by atoms with Gasteiger partial charge in [-0.15, -0.1) is 0 Å². The van der Waals surface area contributed by atoms with Crippen molar-refractivity contribution in [3.05, 3.63) is 33.8 Å². The molecule has 0 amide bonds. The van der Waals surface area contributed by atoms with Crippen LogP contribution < -0.4 is 5.73 Å². The minimum Gasteiger partial charge on any atom is -0.320 e. The SMILES string of the molecule is CC(C)(N)C(F)(F)c1ccc(Cl)c(Cl)c1. The van der Waals surface area contributed by atoms with Crippen LogP contribution in [-0.2, 0) is 5.92 Å². The van der Waals surface area contributed by atoms with Gasteiger partial charge in [0.25, 0.3) is 5.92 Å². The molecule has 0 aliphatic heterocycles. The van der Waals surface area contributed by atoms with Gasteiger partial charge in [0, 0.05) is 5.56 Å². The molecule has 0 heterocycles. The summed E-state index contributed by atoms with van der Waals surface area (Å²) in [6.07, 6.45) is 0. The van der Waals surface area contributed by atoms with E-state index in [1.807, 2.05) is 0 Å². The molecule has 0 aromatic heterocycles. The molecule has 0 fully saturated rings. The molecule has 0 radical (unpaired) electrons. The summed E-state index contributed by atoms with van der Waals surface area (Å²) in [5.74, 6) is -3.15. The van der Waals surface area contributed by atoms with Gasteiger partial charge >= 0.3 is 0 Å². The van der Waals surface area contributed by atoms with E-state index in [-0.39, 0.29) is 15.6 Å². The molecule has 0 atom stereocenters. The van der Waals surface area contributed by atoms with Gasteiger partial charge in [-0.2, -0.15) is 8.78 Å². The molecule has 0 unspecified atom stereocenters. The number of rotatable bonds is 2. The second kappa shape index (κ2) is 3.89. The highest BCUT2D eigenvalue weighted by Gasteiger charge is 2.45. The smallest absolute Gasteiger partial charge is 0.290 e. The molecule has 0 aliphatic rings. The molecule has 1 nitrogen and oxygen atoms in total. The van der Waals surface area contributed by atoms with E-state index < -0.39 is 11.5 Å². The van der Waals surface area contributed by atoms with Crippen molar-refractivity contribution in [2.75, 3.05) is 0 Å². The number of halogens is 4. The first-order valence-corrected chi connectivity index (χ1v) is 5.04. The van der Waals surface area contributed by atoms with Crippen LogP contribution in [0.15, 0.2) is 18.2 Å². The summed E-state index contributed by atoms with van der Waals surface area (Å²) in [5, 5.41) is 0.337. The normalized spacial score (nSPS) is 13.0. The Bertz CT molecular complexity index is 372. The van der Waals surface area contributed by atoms with Crippen molar-refractivity contribution in [2.24, 2.45) is 5.73 Å². The van der Waals surface area contributed by atoms with Gasteiger partial charge < -0.3 is 5.73 Å². The molecule has 84 valence electrons. The van der Waals surface area contributed by atoms with Crippen LogP contribution in [0, 0.1) is 0 Å². The zero-order valence-electron chi connectivity index (χ0n) is 8.32. The van der Waals surface area contributed by atoms with Crippen molar-refractivity contribution in [3.63, 3.8) is 0 Å². The summed E-state index contributed by atoms with van der Waals surface area (Å²) in [7, 11) is 0. The molecule has 2 N–H and O–H groups in total. The van der Waals surface area contributed by atoms with Crippen LogP contribution >= 0.6 is 23.2 Å². The molecule has 0 saturated heterocycles. The lowest BCUT2D eigenvalue weighted by Crippen LogP contribution is -2.48. The summed E-state index contributed by atoms with van der Waals surface area (Å²) in [6, 6.07) is 3.69. The number of hydrogen-bond donors (Lipinski definition) is 1. The number of alkyl halides is 2. The van der Waals surface area contributed by atoms with E-state index in [0.717, 1.165) is 6.07 Å². The average Bonchev–Trinajstić information content (AvgIpc) is 2.07. The fourth-order valence-corrected chi connectivity index (χ4v) is 1.36. The minimum absolute atomic E-state index is 0.0955. The Morgan fingerprint density at radius 3 is 2.07 bits per heavy atom. The van der Waals surface area contributed by atoms with Gasteiger partial charge in [0.2, 0.25) is 0 Å². The van der Waals surface area contributed by atoms with Gasteiger partial charge in [0.05, 0.1) is 15.6 Å². The van der Waals surface area contributed by atoms with E-state index in [1.165, 1.54) is 26.0 Å². The monoisotopic (exact) mass is 253 g/mol. The molecule has 0 saturated carbocycles. The van der Waals surface area contributed by atoms with Gasteiger partial charge in [-0.1, -0.05) is 29.3 Å². The maximum absolute atomic E-state index is 13.7. The van der Waals surface area contributed by atoms with Crippen molar-refractivity contribution in [1.29, 1.82) is 0 Å². The predicted octanol–water partition coefficient (Wildman–Crippen LogP) is 3.82. The first kappa shape index (κ1) is 12.7. The van der Waals surface area contributed by atoms with E-state index in [9.17, 15) is 8.78 Å². The fourth-order valence-electron chi connectivity index (χ4n) is 1.06. The largest absolute Gasteiger partial charge is 0.320 e. The van der Waals surface area contributed by atoms with Crippen LogP contribution in [0.1, 0.15) is 19.4 Å². The molecule has 0 bridgehead atoms. The lowest BCUT2D eigenvalue weighted by atomic mass is 9.91. The number of nitrogens with two attached hydrogens (primary N) is 1. The quantitative estimate of drug-likeness (QED) is 0.852. The van der Waals surface area contributed by atoms with Crippen molar-refractivity contribution in [1.82, 2.24) is 0 Å². The fraction of sp³-hybridized carbons (Fsp3) is 0.400. The summed E-state index contributed by atoms with van der Waals surface area (Å²) < 4.78 is 27.5. The predicted molar refractivity (Wildman–Crippen MR) is 58.6 cm³/mol. The molecular formula is C10H11Cl2F2N. The van der Waals surface area contributed by atoms with Crippen molar-refractivity contribution >= 4 is 23.2 Å². The molecular weight excluding hydrogens is 243 g/mol. The van der Waals surface area contributed by atoms with E-state index in [1.54, 1.807) is 0 Å². The van der Waals surface area contributed by atoms with E-state index >= 15 is 0 Å². The van der Waals surface area contributed by atoms with E-state index in [4.69, 9.17) is 28.9 Å². The topological polar surface area (TPSA) is 26.0 Å². The van der Waals surface area contributed by atoms with Crippen LogP contribution in [0.5, 0.6) is 0 Å². The Balaban J connectivity index is 3.22. The first-order valence-electron chi connectivity index (χ1n) is 4.28. The van der Waals surface area contributed by atoms with Crippen molar-refractivity contribution in [3.8, 4) is 0 Å². The summed E-state index contributed by atoms with van der Waals surface area (Å²) in [5.41, 5.74) is 3.53. The third-order valence-electron chi connectivity index (χ3n) is 2.09. The summed E-state index contributed by atoms with van der Waals surface area (Å²) in [6.45, 7) is 2.52. The second-order valence-electron chi connectivity index (χ2n) is 3.92. The van der Waals surface area contributed by atoms with Gasteiger partial charge in [-0.25, -0.2) is 0 Å². The molecule has 1 aromatic carbocycles. The summed E-state index contributed by atoms with van der Waals surface area (Å²) >= 11 is 11.3. The number of hydrogen-bond acceptors (Lipinski definition) is 1. The highest BCUT2D eigenvalue weighted by atomic mass is 35.5. The molecule has 0 aliphatic carbocycles. The maximum atomic E-state index is 13.7. The molecule has 1 rings (SSSR count). The molecule has 0 spiro atoms. The minimum atomic E-state index is -3.15. The highest BCUT2D eigenvalue weighted by molar-refractivity contribution is 6.42. The summed E-state index contributed by atoms with van der Waals surface area (Å²) in [4.78, 5) is 0. The average molecular weight is 254 g/mol. The van der Waals surface area contributed by atoms with E-state index in [2.05, 4.69) is 0 Å². The third kappa shape index (κ3) is 2.41. The Hall–Kier alpha value is -0.380. The van der Waals surface area contributed by atoms with Crippen LogP contribution in [0.2, 0.25) is 10.0 Å². The highest BCUT2D eigenvalue weighted by Crippen LogP contribution is 2.39.